The molecule has 3 nitrogen and oxygen atoms in total. The normalized spacial score (nSPS) is 12.5. The van der Waals surface area contributed by atoms with E-state index in [1.165, 1.54) is 0 Å². The van der Waals surface area contributed by atoms with Crippen molar-refractivity contribution >= 4 is 17.6 Å². The Morgan fingerprint density at radius 2 is 1.94 bits per heavy atom. The van der Waals surface area contributed by atoms with Gasteiger partial charge < -0.3 is 10.4 Å². The van der Waals surface area contributed by atoms with Crippen LogP contribution in [0.1, 0.15) is 23.1 Å². The van der Waals surface area contributed by atoms with Crippen LogP contribution in [0, 0.1) is 13.8 Å². The molecule has 0 heterocycles. The van der Waals surface area contributed by atoms with Gasteiger partial charge in [0.1, 0.15) is 6.04 Å². The number of rotatable bonds is 5. The lowest BCUT2D eigenvalue weighted by Gasteiger charge is -2.12. The third-order valence-electron chi connectivity index (χ3n) is 2.86. The van der Waals surface area contributed by atoms with E-state index in [0.29, 0.717) is 6.42 Å². The molecule has 94 valence electrons. The summed E-state index contributed by atoms with van der Waals surface area (Å²) in [5.74, 6) is -0.810. The quantitative estimate of drug-likeness (QED) is 0.850. The van der Waals surface area contributed by atoms with Crippen molar-refractivity contribution in [1.29, 1.82) is 0 Å². The van der Waals surface area contributed by atoms with E-state index < -0.39 is 12.0 Å². The summed E-state index contributed by atoms with van der Waals surface area (Å²) in [6.45, 7) is 3.93. The zero-order valence-corrected chi connectivity index (χ0v) is 11.1. The van der Waals surface area contributed by atoms with E-state index in [1.54, 1.807) is 7.05 Å². The van der Waals surface area contributed by atoms with Crippen molar-refractivity contribution in [1.82, 2.24) is 5.32 Å². The minimum absolute atomic E-state index is 0.494. The van der Waals surface area contributed by atoms with Gasteiger partial charge in [-0.15, -0.1) is 0 Å². The molecule has 1 rings (SSSR count). The van der Waals surface area contributed by atoms with Gasteiger partial charge in [0.25, 0.3) is 0 Å². The molecule has 0 amide bonds. The fourth-order valence-corrected chi connectivity index (χ4v) is 1.99. The number of aliphatic carboxylic acids is 1. The lowest BCUT2D eigenvalue weighted by atomic mass is 10.0. The highest BCUT2D eigenvalue weighted by Crippen LogP contribution is 2.22. The van der Waals surface area contributed by atoms with Gasteiger partial charge >= 0.3 is 5.97 Å². The van der Waals surface area contributed by atoms with Gasteiger partial charge in [0.05, 0.1) is 0 Å². The van der Waals surface area contributed by atoms with Crippen LogP contribution in [0.3, 0.4) is 0 Å². The Morgan fingerprint density at radius 1 is 1.41 bits per heavy atom. The molecule has 0 aliphatic rings. The summed E-state index contributed by atoms with van der Waals surface area (Å²) in [6, 6.07) is 3.54. The lowest BCUT2D eigenvalue weighted by molar-refractivity contribution is -0.139. The van der Waals surface area contributed by atoms with E-state index in [4.69, 9.17) is 16.7 Å². The van der Waals surface area contributed by atoms with Crippen LogP contribution < -0.4 is 5.32 Å². The fourth-order valence-electron chi connectivity index (χ4n) is 1.88. The second kappa shape index (κ2) is 6.03. The number of carboxylic acids is 1. The summed E-state index contributed by atoms with van der Waals surface area (Å²) in [7, 11) is 1.66. The van der Waals surface area contributed by atoms with Gasteiger partial charge in [0, 0.05) is 5.02 Å². The zero-order chi connectivity index (χ0) is 13.0. The summed E-state index contributed by atoms with van der Waals surface area (Å²) in [5, 5.41) is 12.5. The van der Waals surface area contributed by atoms with Crippen LogP contribution >= 0.6 is 11.6 Å². The minimum Gasteiger partial charge on any atom is -0.480 e. The maximum Gasteiger partial charge on any atom is 0.320 e. The van der Waals surface area contributed by atoms with Crippen LogP contribution in [0.15, 0.2) is 12.1 Å². The van der Waals surface area contributed by atoms with Gasteiger partial charge in [-0.3, -0.25) is 4.79 Å². The van der Waals surface area contributed by atoms with Gasteiger partial charge in [-0.25, -0.2) is 0 Å². The van der Waals surface area contributed by atoms with E-state index in [2.05, 4.69) is 5.32 Å². The van der Waals surface area contributed by atoms with Crippen molar-refractivity contribution in [2.45, 2.75) is 32.7 Å². The van der Waals surface area contributed by atoms with Crippen molar-refractivity contribution in [3.8, 4) is 0 Å². The van der Waals surface area contributed by atoms with Crippen molar-refractivity contribution in [2.75, 3.05) is 7.05 Å². The Kier molecular flexibility index (Phi) is 4.97. The van der Waals surface area contributed by atoms with Crippen molar-refractivity contribution in [3.05, 3.63) is 33.8 Å². The van der Waals surface area contributed by atoms with E-state index in [0.717, 1.165) is 28.1 Å². The van der Waals surface area contributed by atoms with Crippen LogP contribution in [0.25, 0.3) is 0 Å². The maximum atomic E-state index is 10.9. The molecule has 0 aliphatic heterocycles. The molecule has 0 aromatic heterocycles. The van der Waals surface area contributed by atoms with Crippen LogP contribution in [0.4, 0.5) is 0 Å². The molecule has 0 saturated carbocycles. The molecule has 0 saturated heterocycles. The van der Waals surface area contributed by atoms with Crippen LogP contribution in [-0.2, 0) is 11.2 Å². The first-order valence-electron chi connectivity index (χ1n) is 5.61. The molecular formula is C13H18ClNO2. The van der Waals surface area contributed by atoms with E-state index in [-0.39, 0.29) is 0 Å². The first-order valence-corrected chi connectivity index (χ1v) is 5.99. The topological polar surface area (TPSA) is 49.3 Å². The van der Waals surface area contributed by atoms with E-state index in [1.807, 2.05) is 26.0 Å². The average Bonchev–Trinajstić information content (AvgIpc) is 2.26. The van der Waals surface area contributed by atoms with Crippen LogP contribution in [-0.4, -0.2) is 24.2 Å². The van der Waals surface area contributed by atoms with Crippen LogP contribution in [0.5, 0.6) is 0 Å². The number of benzene rings is 1. The monoisotopic (exact) mass is 255 g/mol. The molecule has 0 unspecified atom stereocenters. The molecule has 0 aliphatic carbocycles. The Balaban J connectivity index is 2.73. The predicted octanol–water partition coefficient (Wildman–Crippen LogP) is 2.56. The number of aryl methyl sites for hydroxylation is 3. The zero-order valence-electron chi connectivity index (χ0n) is 10.4. The molecule has 0 fully saturated rings. The fraction of sp³-hybridized carbons (Fsp3) is 0.462. The largest absolute Gasteiger partial charge is 0.480 e. The van der Waals surface area contributed by atoms with Crippen LogP contribution in [0.2, 0.25) is 5.02 Å². The van der Waals surface area contributed by atoms with Crippen molar-refractivity contribution < 1.29 is 9.90 Å². The number of hydrogen-bond acceptors (Lipinski definition) is 2. The number of carboxylic acid groups (broad SMARTS) is 1. The molecule has 4 heteroatoms. The molecule has 0 radical (unpaired) electrons. The number of halogens is 1. The standard InChI is InChI=1S/C13H18ClNO2/c1-8-6-10(7-9(2)12(8)14)4-5-11(15-3)13(16)17/h6-7,11,15H,4-5H2,1-3H3,(H,16,17)/t11-/m0/s1. The summed E-state index contributed by atoms with van der Waals surface area (Å²) in [6.07, 6.45) is 1.31. The number of nitrogens with one attached hydrogen (secondary N) is 1. The third kappa shape index (κ3) is 3.72. The molecule has 2 N–H and O–H groups in total. The first kappa shape index (κ1) is 14.0. The highest BCUT2D eigenvalue weighted by Gasteiger charge is 2.14. The van der Waals surface area contributed by atoms with Gasteiger partial charge in [-0.1, -0.05) is 23.7 Å². The summed E-state index contributed by atoms with van der Waals surface area (Å²) < 4.78 is 0. The van der Waals surface area contributed by atoms with E-state index >= 15 is 0 Å². The molecule has 1 aromatic carbocycles. The highest BCUT2D eigenvalue weighted by atomic mass is 35.5. The predicted molar refractivity (Wildman–Crippen MR) is 69.7 cm³/mol. The molecule has 0 spiro atoms. The van der Waals surface area contributed by atoms with Gasteiger partial charge in [0.2, 0.25) is 0 Å². The van der Waals surface area contributed by atoms with Crippen molar-refractivity contribution in [2.24, 2.45) is 0 Å². The summed E-state index contributed by atoms with van der Waals surface area (Å²) in [4.78, 5) is 10.9. The Morgan fingerprint density at radius 3 is 2.35 bits per heavy atom. The first-order chi connectivity index (χ1) is 7.95. The Labute approximate surface area is 107 Å². The Bertz CT molecular complexity index is 395. The number of carbonyl (C=O) groups is 1. The lowest BCUT2D eigenvalue weighted by Crippen LogP contribution is -2.34. The molecule has 17 heavy (non-hydrogen) atoms. The minimum atomic E-state index is -0.810. The van der Waals surface area contributed by atoms with Gasteiger partial charge in [-0.2, -0.15) is 0 Å². The highest BCUT2D eigenvalue weighted by molar-refractivity contribution is 6.32. The van der Waals surface area contributed by atoms with E-state index in [9.17, 15) is 4.79 Å². The molecule has 0 bridgehead atoms. The third-order valence-corrected chi connectivity index (χ3v) is 3.46. The summed E-state index contributed by atoms with van der Waals surface area (Å²) >= 11 is 6.08. The second-order valence-corrected chi connectivity index (χ2v) is 4.64. The second-order valence-electron chi connectivity index (χ2n) is 4.26. The molecule has 1 atom stereocenters. The van der Waals surface area contributed by atoms with Crippen molar-refractivity contribution in [3.63, 3.8) is 0 Å². The molecule has 1 aromatic rings. The number of hydrogen-bond donors (Lipinski definition) is 2. The number of likely N-dealkylation sites (N-methyl/N-ethyl adjacent to an activating group) is 1. The van der Waals surface area contributed by atoms with Gasteiger partial charge in [-0.05, 0) is 50.4 Å². The Hall–Kier alpha value is -1.06. The van der Waals surface area contributed by atoms with Gasteiger partial charge in [0.15, 0.2) is 0 Å². The molecular weight excluding hydrogens is 238 g/mol. The SMILES string of the molecule is CN[C@@H](CCc1cc(C)c(Cl)c(C)c1)C(=O)O. The average molecular weight is 256 g/mol. The smallest absolute Gasteiger partial charge is 0.320 e. The summed E-state index contributed by atoms with van der Waals surface area (Å²) in [5.41, 5.74) is 3.21. The maximum absolute atomic E-state index is 10.9.